The van der Waals surface area contributed by atoms with Crippen molar-refractivity contribution in [3.63, 3.8) is 0 Å². The Bertz CT molecular complexity index is 1450. The first-order valence-electron chi connectivity index (χ1n) is 13.1. The van der Waals surface area contributed by atoms with E-state index in [2.05, 4.69) is 39.6 Å². The molecule has 0 amide bonds. The Balaban J connectivity index is 0.984. The fourth-order valence-electron chi connectivity index (χ4n) is 4.44. The maximum absolute atomic E-state index is 10.4. The minimum absolute atomic E-state index is 0.155. The highest BCUT2D eigenvalue weighted by atomic mass is 16.5. The summed E-state index contributed by atoms with van der Waals surface area (Å²) in [4.78, 5) is 4.28. The van der Waals surface area contributed by atoms with Gasteiger partial charge in [-0.2, -0.15) is 0 Å². The Hall–Kier alpha value is -3.95. The van der Waals surface area contributed by atoms with Crippen LogP contribution in [0.4, 0.5) is 0 Å². The predicted octanol–water partition coefficient (Wildman–Crippen LogP) is 4.02. The second-order valence-electron chi connectivity index (χ2n) is 9.46. The lowest BCUT2D eigenvalue weighted by atomic mass is 10.0. The molecule has 0 aliphatic carbocycles. The van der Waals surface area contributed by atoms with Gasteiger partial charge in [0.15, 0.2) is 0 Å². The minimum atomic E-state index is -0.717. The van der Waals surface area contributed by atoms with Crippen LogP contribution in [0, 0.1) is 0 Å². The van der Waals surface area contributed by atoms with E-state index in [4.69, 9.17) is 9.47 Å². The maximum Gasteiger partial charge on any atom is 0.0925 e. The first-order chi connectivity index (χ1) is 19.2. The number of aliphatic hydroxyl groups excluding tert-OH is 2. The van der Waals surface area contributed by atoms with Crippen molar-refractivity contribution in [2.24, 2.45) is 0 Å². The van der Waals surface area contributed by atoms with Crippen LogP contribution in [0.15, 0.2) is 97.5 Å². The molecule has 8 heteroatoms. The molecule has 0 saturated heterocycles. The largest absolute Gasteiger partial charge is 0.390 e. The lowest BCUT2D eigenvalue weighted by Crippen LogP contribution is -2.22. The van der Waals surface area contributed by atoms with Crippen LogP contribution >= 0.6 is 0 Å². The van der Waals surface area contributed by atoms with Gasteiger partial charge in [0.2, 0.25) is 0 Å². The third kappa shape index (κ3) is 7.34. The summed E-state index contributed by atoms with van der Waals surface area (Å²) in [6.07, 6.45) is 4.88. The fraction of sp³-hybridized carbons (Fsp3) is 0.258. The monoisotopic (exact) mass is 524 g/mol. The Labute approximate surface area is 227 Å². The van der Waals surface area contributed by atoms with Gasteiger partial charge in [0, 0.05) is 29.8 Å². The topological polar surface area (TPSA) is 103 Å². The van der Waals surface area contributed by atoms with Crippen molar-refractivity contribution in [1.29, 1.82) is 0 Å². The molecule has 0 fully saturated rings. The lowest BCUT2D eigenvalue weighted by Gasteiger charge is -2.13. The highest BCUT2D eigenvalue weighted by Crippen LogP contribution is 2.21. The van der Waals surface area contributed by atoms with E-state index in [1.807, 2.05) is 60.8 Å². The molecule has 3 aromatic carbocycles. The fourth-order valence-corrected chi connectivity index (χ4v) is 4.44. The van der Waals surface area contributed by atoms with Crippen LogP contribution < -0.4 is 0 Å². The van der Waals surface area contributed by atoms with Gasteiger partial charge < -0.3 is 19.7 Å². The second-order valence-corrected chi connectivity index (χ2v) is 9.46. The van der Waals surface area contributed by atoms with E-state index in [9.17, 15) is 10.2 Å². The van der Waals surface area contributed by atoms with Crippen molar-refractivity contribution in [3.05, 3.63) is 109 Å². The number of fused-ring (bicyclic) bond motifs is 1. The molecular weight excluding hydrogens is 492 g/mol. The van der Waals surface area contributed by atoms with E-state index in [0.717, 1.165) is 27.6 Å². The number of hydrogen-bond donors (Lipinski definition) is 2. The summed E-state index contributed by atoms with van der Waals surface area (Å²) in [5.41, 5.74) is 4.87. The predicted molar refractivity (Wildman–Crippen MR) is 150 cm³/mol. The van der Waals surface area contributed by atoms with Crippen molar-refractivity contribution in [2.75, 3.05) is 26.4 Å². The molecule has 0 radical (unpaired) electrons. The Morgan fingerprint density at radius 1 is 0.718 bits per heavy atom. The quantitative estimate of drug-likeness (QED) is 0.224. The molecule has 5 aromatic rings. The molecule has 0 spiro atoms. The zero-order chi connectivity index (χ0) is 26.9. The van der Waals surface area contributed by atoms with Crippen LogP contribution in [-0.4, -0.2) is 68.8 Å². The number of aromatic nitrogens is 4. The standard InChI is InChI=1S/C31H32N4O4/c36-28(16-23-10-12-25(13-11-23)24-6-2-1-3-7-24)21-38-14-15-39-22-29(37)17-27-20-35(34-33-27)31-19-32-18-26-8-4-5-9-30(26)31/h1-13,18-20,28-29,36-37H,14-17,21-22H2/t28-,29-/m0/s1. The summed E-state index contributed by atoms with van der Waals surface area (Å²) in [7, 11) is 0. The molecule has 2 aromatic heterocycles. The smallest absolute Gasteiger partial charge is 0.0925 e. The average molecular weight is 525 g/mol. The third-order valence-corrected chi connectivity index (χ3v) is 6.40. The van der Waals surface area contributed by atoms with Gasteiger partial charge in [-0.3, -0.25) is 4.98 Å². The number of aliphatic hydroxyl groups is 2. The molecule has 5 rings (SSSR count). The van der Waals surface area contributed by atoms with Crippen molar-refractivity contribution in [3.8, 4) is 16.8 Å². The van der Waals surface area contributed by atoms with Gasteiger partial charge in [-0.05, 0) is 16.7 Å². The van der Waals surface area contributed by atoms with Crippen LogP contribution in [0.1, 0.15) is 11.3 Å². The van der Waals surface area contributed by atoms with Crippen LogP contribution in [0.3, 0.4) is 0 Å². The summed E-state index contributed by atoms with van der Waals surface area (Å²) >= 11 is 0. The molecule has 2 N–H and O–H groups in total. The Morgan fingerprint density at radius 3 is 2.15 bits per heavy atom. The van der Waals surface area contributed by atoms with Crippen LogP contribution in [-0.2, 0) is 22.3 Å². The minimum Gasteiger partial charge on any atom is -0.390 e. The third-order valence-electron chi connectivity index (χ3n) is 6.40. The maximum atomic E-state index is 10.4. The number of rotatable bonds is 13. The molecule has 0 aliphatic heterocycles. The highest BCUT2D eigenvalue weighted by molar-refractivity contribution is 5.88. The summed E-state index contributed by atoms with van der Waals surface area (Å²) in [5.74, 6) is 0. The van der Waals surface area contributed by atoms with Gasteiger partial charge in [-0.25, -0.2) is 4.68 Å². The SMILES string of the molecule is O[C@H](COCCOC[C@@H](O)Cc1cn(-c2cncc3ccccc23)nn1)Cc1ccc(-c2ccccc2)cc1. The van der Waals surface area contributed by atoms with Crippen LogP contribution in [0.2, 0.25) is 0 Å². The zero-order valence-corrected chi connectivity index (χ0v) is 21.6. The molecule has 200 valence electrons. The molecule has 2 atom stereocenters. The van der Waals surface area contributed by atoms with Gasteiger partial charge in [0.25, 0.3) is 0 Å². The number of ether oxygens (including phenoxy) is 2. The van der Waals surface area contributed by atoms with Gasteiger partial charge >= 0.3 is 0 Å². The van der Waals surface area contributed by atoms with E-state index >= 15 is 0 Å². The van der Waals surface area contributed by atoms with Crippen molar-refractivity contribution in [1.82, 2.24) is 20.0 Å². The molecule has 0 saturated carbocycles. The zero-order valence-electron chi connectivity index (χ0n) is 21.6. The van der Waals surface area contributed by atoms with E-state index in [1.54, 1.807) is 17.1 Å². The molecule has 39 heavy (non-hydrogen) atoms. The second kappa shape index (κ2) is 13.2. The van der Waals surface area contributed by atoms with E-state index in [-0.39, 0.29) is 13.2 Å². The number of nitrogens with zero attached hydrogens (tertiary/aromatic N) is 4. The highest BCUT2D eigenvalue weighted by Gasteiger charge is 2.12. The van der Waals surface area contributed by atoms with Crippen LogP contribution in [0.25, 0.3) is 27.6 Å². The molecule has 2 heterocycles. The number of pyridine rings is 1. The molecule has 0 aliphatic rings. The number of hydrogen-bond acceptors (Lipinski definition) is 7. The number of benzene rings is 3. The first kappa shape index (κ1) is 26.6. The van der Waals surface area contributed by atoms with Crippen molar-refractivity contribution in [2.45, 2.75) is 25.0 Å². The average Bonchev–Trinajstić information content (AvgIpc) is 3.43. The summed E-state index contributed by atoms with van der Waals surface area (Å²) in [6, 6.07) is 26.4. The molecule has 8 nitrogen and oxygen atoms in total. The van der Waals surface area contributed by atoms with Crippen molar-refractivity contribution >= 4 is 10.8 Å². The summed E-state index contributed by atoms with van der Waals surface area (Å²) < 4.78 is 12.8. The Morgan fingerprint density at radius 2 is 1.38 bits per heavy atom. The summed E-state index contributed by atoms with van der Waals surface area (Å²) in [6.45, 7) is 1.03. The normalized spacial score (nSPS) is 13.0. The van der Waals surface area contributed by atoms with E-state index < -0.39 is 12.2 Å². The molecule has 0 unspecified atom stereocenters. The Kier molecular flexibility index (Phi) is 9.03. The van der Waals surface area contributed by atoms with E-state index in [0.29, 0.717) is 31.7 Å². The van der Waals surface area contributed by atoms with Crippen molar-refractivity contribution < 1.29 is 19.7 Å². The molecular formula is C31H32N4O4. The summed E-state index contributed by atoms with van der Waals surface area (Å²) in [5, 5.41) is 31.1. The lowest BCUT2D eigenvalue weighted by molar-refractivity contribution is -0.0165. The molecule has 0 bridgehead atoms. The van der Waals surface area contributed by atoms with Gasteiger partial charge in [0.1, 0.15) is 0 Å². The van der Waals surface area contributed by atoms with E-state index in [1.165, 1.54) is 5.56 Å². The van der Waals surface area contributed by atoms with Crippen LogP contribution in [0.5, 0.6) is 0 Å². The van der Waals surface area contributed by atoms with Gasteiger partial charge in [-0.1, -0.05) is 84.1 Å². The van der Waals surface area contributed by atoms with Gasteiger partial charge in [0.05, 0.1) is 62.4 Å². The van der Waals surface area contributed by atoms with Gasteiger partial charge in [-0.15, -0.1) is 5.10 Å². The first-order valence-corrected chi connectivity index (χ1v) is 13.1.